The number of hydrogen-bond donors (Lipinski definition) is 1. The number of imide groups is 2. The Balaban J connectivity index is 1.80. The van der Waals surface area contributed by atoms with Gasteiger partial charge in [-0.2, -0.15) is 0 Å². The van der Waals surface area contributed by atoms with Crippen LogP contribution in [0, 0.1) is 34.6 Å². The topological polar surface area (TPSA) is 71.4 Å². The molecule has 33 heavy (non-hydrogen) atoms. The van der Waals surface area contributed by atoms with Gasteiger partial charge in [0.2, 0.25) is 0 Å². The number of hydrogen-bond acceptors (Lipinski definition) is 3. The van der Waals surface area contributed by atoms with Crippen molar-refractivity contribution in [3.8, 4) is 5.69 Å². The standard InChI is InChI=1S/C26H24ClN3O3/c1-14-9-10-20(13-22(14)27)30-25(32)21(24(31)28-26(30)33)12-19-11-17(4)29(18(19)5)23-15(2)7-6-8-16(23)3/h6-13H,1-5H3,(H,28,31,33)/b21-12+. The van der Waals surface area contributed by atoms with Gasteiger partial charge in [-0.05, 0) is 81.1 Å². The maximum absolute atomic E-state index is 13.3. The zero-order valence-electron chi connectivity index (χ0n) is 19.1. The maximum atomic E-state index is 13.3. The highest BCUT2D eigenvalue weighted by Crippen LogP contribution is 2.30. The van der Waals surface area contributed by atoms with Crippen molar-refractivity contribution in [2.24, 2.45) is 0 Å². The van der Waals surface area contributed by atoms with Crippen LogP contribution in [0.3, 0.4) is 0 Å². The zero-order chi connectivity index (χ0) is 24.0. The first-order chi connectivity index (χ1) is 15.6. The molecular weight excluding hydrogens is 438 g/mol. The zero-order valence-corrected chi connectivity index (χ0v) is 19.9. The Morgan fingerprint density at radius 3 is 2.18 bits per heavy atom. The summed E-state index contributed by atoms with van der Waals surface area (Å²) in [7, 11) is 0. The monoisotopic (exact) mass is 461 g/mol. The van der Waals surface area contributed by atoms with Crippen molar-refractivity contribution in [1.29, 1.82) is 0 Å². The van der Waals surface area contributed by atoms with Crippen molar-refractivity contribution >= 4 is 41.2 Å². The van der Waals surface area contributed by atoms with Gasteiger partial charge in [-0.1, -0.05) is 35.9 Å². The van der Waals surface area contributed by atoms with Crippen LogP contribution in [0.25, 0.3) is 11.8 Å². The van der Waals surface area contributed by atoms with E-state index in [9.17, 15) is 14.4 Å². The Labute approximate surface area is 197 Å². The van der Waals surface area contributed by atoms with Crippen molar-refractivity contribution < 1.29 is 14.4 Å². The number of para-hydroxylation sites is 1. The van der Waals surface area contributed by atoms with Crippen LogP contribution in [0.4, 0.5) is 10.5 Å². The summed E-state index contributed by atoms with van der Waals surface area (Å²) in [6.07, 6.45) is 1.54. The van der Waals surface area contributed by atoms with Gasteiger partial charge in [0, 0.05) is 16.4 Å². The van der Waals surface area contributed by atoms with E-state index in [-0.39, 0.29) is 5.57 Å². The van der Waals surface area contributed by atoms with Crippen LogP contribution < -0.4 is 10.2 Å². The van der Waals surface area contributed by atoms with Crippen molar-refractivity contribution in [2.75, 3.05) is 4.90 Å². The number of anilines is 1. The van der Waals surface area contributed by atoms with E-state index < -0.39 is 17.8 Å². The fraction of sp³-hybridized carbons (Fsp3) is 0.192. The number of benzene rings is 2. The molecule has 0 atom stereocenters. The summed E-state index contributed by atoms with van der Waals surface area (Å²) in [5.41, 5.74) is 6.90. The average molecular weight is 462 g/mol. The maximum Gasteiger partial charge on any atom is 0.335 e. The third-order valence-electron chi connectivity index (χ3n) is 5.95. The second kappa shape index (κ2) is 8.37. The quantitative estimate of drug-likeness (QED) is 0.422. The van der Waals surface area contributed by atoms with Gasteiger partial charge in [0.1, 0.15) is 5.57 Å². The van der Waals surface area contributed by atoms with Gasteiger partial charge in [0.25, 0.3) is 11.8 Å². The second-order valence-corrected chi connectivity index (χ2v) is 8.70. The summed E-state index contributed by atoms with van der Waals surface area (Å²) in [5.74, 6) is -1.42. The minimum atomic E-state index is -0.803. The lowest BCUT2D eigenvalue weighted by atomic mass is 10.1. The molecule has 1 N–H and O–H groups in total. The summed E-state index contributed by atoms with van der Waals surface area (Å²) in [6.45, 7) is 9.85. The van der Waals surface area contributed by atoms with Crippen LogP contribution in [-0.2, 0) is 9.59 Å². The number of carbonyl (C=O) groups is 3. The van der Waals surface area contributed by atoms with Crippen LogP contribution in [0.5, 0.6) is 0 Å². The molecule has 0 unspecified atom stereocenters. The molecule has 4 rings (SSSR count). The molecule has 1 aliphatic heterocycles. The minimum absolute atomic E-state index is 0.118. The van der Waals surface area contributed by atoms with Gasteiger partial charge < -0.3 is 4.57 Å². The van der Waals surface area contributed by atoms with Crippen LogP contribution >= 0.6 is 11.6 Å². The first-order valence-corrected chi connectivity index (χ1v) is 10.9. The molecule has 168 valence electrons. The molecular formula is C26H24ClN3O3. The number of aromatic nitrogens is 1. The lowest BCUT2D eigenvalue weighted by Crippen LogP contribution is -2.54. The number of carbonyl (C=O) groups excluding carboxylic acids is 3. The molecule has 4 amide bonds. The lowest BCUT2D eigenvalue weighted by molar-refractivity contribution is -0.122. The van der Waals surface area contributed by atoms with Crippen LogP contribution in [0.2, 0.25) is 5.02 Å². The van der Waals surface area contributed by atoms with E-state index >= 15 is 0 Å². The first-order valence-electron chi connectivity index (χ1n) is 10.5. The van der Waals surface area contributed by atoms with Crippen molar-refractivity contribution in [1.82, 2.24) is 9.88 Å². The number of urea groups is 1. The Morgan fingerprint density at radius 2 is 1.55 bits per heavy atom. The Morgan fingerprint density at radius 1 is 0.879 bits per heavy atom. The predicted molar refractivity (Wildman–Crippen MR) is 130 cm³/mol. The summed E-state index contributed by atoms with van der Waals surface area (Å²) >= 11 is 6.19. The number of halogens is 1. The highest BCUT2D eigenvalue weighted by atomic mass is 35.5. The number of amides is 4. The second-order valence-electron chi connectivity index (χ2n) is 8.29. The molecule has 0 bridgehead atoms. The van der Waals surface area contributed by atoms with E-state index in [1.54, 1.807) is 18.2 Å². The Hall–Kier alpha value is -3.64. The average Bonchev–Trinajstić information content (AvgIpc) is 3.01. The SMILES string of the molecule is Cc1ccc(N2C(=O)NC(=O)/C(=C\c3cc(C)n(-c4c(C)cccc4C)c3C)C2=O)cc1Cl. The summed E-state index contributed by atoms with van der Waals surface area (Å²) in [4.78, 5) is 39.3. The molecule has 6 nitrogen and oxygen atoms in total. The summed E-state index contributed by atoms with van der Waals surface area (Å²) in [5, 5.41) is 2.69. The van der Waals surface area contributed by atoms with Crippen LogP contribution in [-0.4, -0.2) is 22.4 Å². The Kier molecular flexibility index (Phi) is 5.72. The van der Waals surface area contributed by atoms with Gasteiger partial charge in [-0.3, -0.25) is 14.9 Å². The molecule has 0 spiro atoms. The normalized spacial score (nSPS) is 15.4. The molecule has 2 heterocycles. The first kappa shape index (κ1) is 22.6. The summed E-state index contributed by atoms with van der Waals surface area (Å²) in [6, 6.07) is 12.1. The molecule has 0 saturated carbocycles. The van der Waals surface area contributed by atoms with Crippen molar-refractivity contribution in [3.05, 3.63) is 86.7 Å². The van der Waals surface area contributed by atoms with Crippen LogP contribution in [0.15, 0.2) is 48.0 Å². The molecule has 1 fully saturated rings. The number of barbiturate groups is 1. The largest absolute Gasteiger partial charge is 0.335 e. The molecule has 1 saturated heterocycles. The van der Waals surface area contributed by atoms with Gasteiger partial charge in [0.05, 0.1) is 11.4 Å². The van der Waals surface area contributed by atoms with E-state index in [0.717, 1.165) is 44.2 Å². The molecule has 3 aromatic rings. The van der Waals surface area contributed by atoms with E-state index in [1.807, 2.05) is 58.9 Å². The van der Waals surface area contributed by atoms with Crippen molar-refractivity contribution in [2.45, 2.75) is 34.6 Å². The number of nitrogens with zero attached hydrogens (tertiary/aromatic N) is 2. The molecule has 0 aliphatic carbocycles. The smallest absolute Gasteiger partial charge is 0.317 e. The number of rotatable bonds is 3. The van der Waals surface area contributed by atoms with E-state index in [4.69, 9.17) is 11.6 Å². The van der Waals surface area contributed by atoms with E-state index in [2.05, 4.69) is 9.88 Å². The fourth-order valence-electron chi connectivity index (χ4n) is 4.20. The molecule has 7 heteroatoms. The van der Waals surface area contributed by atoms with Gasteiger partial charge in [-0.25, -0.2) is 9.69 Å². The molecule has 1 aromatic heterocycles. The Bertz CT molecular complexity index is 1350. The lowest BCUT2D eigenvalue weighted by Gasteiger charge is -2.26. The fourth-order valence-corrected chi connectivity index (χ4v) is 4.38. The highest BCUT2D eigenvalue weighted by molar-refractivity contribution is 6.39. The predicted octanol–water partition coefficient (Wildman–Crippen LogP) is 5.34. The van der Waals surface area contributed by atoms with E-state index in [1.165, 1.54) is 6.07 Å². The molecule has 2 aromatic carbocycles. The number of aryl methyl sites for hydroxylation is 4. The van der Waals surface area contributed by atoms with E-state index in [0.29, 0.717) is 10.7 Å². The van der Waals surface area contributed by atoms with Crippen LogP contribution in [0.1, 0.15) is 33.6 Å². The van der Waals surface area contributed by atoms with Gasteiger partial charge >= 0.3 is 6.03 Å². The van der Waals surface area contributed by atoms with Gasteiger partial charge in [-0.15, -0.1) is 0 Å². The molecule has 1 aliphatic rings. The highest BCUT2D eigenvalue weighted by Gasteiger charge is 2.37. The van der Waals surface area contributed by atoms with Gasteiger partial charge in [0.15, 0.2) is 0 Å². The summed E-state index contributed by atoms with van der Waals surface area (Å²) < 4.78 is 2.12. The third kappa shape index (κ3) is 3.87. The number of nitrogens with one attached hydrogen (secondary N) is 1. The van der Waals surface area contributed by atoms with Crippen molar-refractivity contribution in [3.63, 3.8) is 0 Å². The molecule has 0 radical (unpaired) electrons. The minimum Gasteiger partial charge on any atom is -0.317 e. The third-order valence-corrected chi connectivity index (χ3v) is 6.36.